The molecule has 1 N–H and O–H groups in total. The molecule has 0 saturated carbocycles. The SMILES string of the molecule is CCC(C)(C)N(C)c1c(F)cccc1CNCC(C)C. The zero-order chi connectivity index (χ0) is 15.3. The lowest BCUT2D eigenvalue weighted by atomic mass is 9.97. The van der Waals surface area contributed by atoms with E-state index in [-0.39, 0.29) is 11.4 Å². The Morgan fingerprint density at radius 1 is 1.30 bits per heavy atom. The number of nitrogens with zero attached hydrogens (tertiary/aromatic N) is 1. The average Bonchev–Trinajstić information content (AvgIpc) is 2.37. The van der Waals surface area contributed by atoms with Crippen molar-refractivity contribution < 1.29 is 4.39 Å². The van der Waals surface area contributed by atoms with Crippen LogP contribution in [-0.4, -0.2) is 19.1 Å². The summed E-state index contributed by atoms with van der Waals surface area (Å²) in [5.74, 6) is 0.453. The van der Waals surface area contributed by atoms with Crippen molar-refractivity contribution in [1.29, 1.82) is 0 Å². The van der Waals surface area contributed by atoms with Gasteiger partial charge in [-0.3, -0.25) is 0 Å². The van der Waals surface area contributed by atoms with E-state index in [1.54, 1.807) is 12.1 Å². The Labute approximate surface area is 123 Å². The van der Waals surface area contributed by atoms with Gasteiger partial charge in [0.2, 0.25) is 0 Å². The van der Waals surface area contributed by atoms with E-state index in [1.807, 2.05) is 13.1 Å². The van der Waals surface area contributed by atoms with E-state index in [4.69, 9.17) is 0 Å². The van der Waals surface area contributed by atoms with E-state index in [0.717, 1.165) is 24.2 Å². The van der Waals surface area contributed by atoms with Crippen LogP contribution in [0.15, 0.2) is 18.2 Å². The second kappa shape index (κ2) is 7.07. The van der Waals surface area contributed by atoms with E-state index in [1.165, 1.54) is 0 Å². The van der Waals surface area contributed by atoms with Gasteiger partial charge in [0.1, 0.15) is 5.82 Å². The highest BCUT2D eigenvalue weighted by atomic mass is 19.1. The molecular formula is C17H29FN2. The Morgan fingerprint density at radius 3 is 2.50 bits per heavy atom. The number of anilines is 1. The fourth-order valence-electron chi connectivity index (χ4n) is 2.11. The first-order chi connectivity index (χ1) is 9.29. The summed E-state index contributed by atoms with van der Waals surface area (Å²) in [6.45, 7) is 12.4. The molecule has 0 radical (unpaired) electrons. The summed E-state index contributed by atoms with van der Waals surface area (Å²) in [5.41, 5.74) is 1.68. The van der Waals surface area contributed by atoms with Crippen molar-refractivity contribution in [3.8, 4) is 0 Å². The average molecular weight is 280 g/mol. The number of rotatable bonds is 7. The Hall–Kier alpha value is -1.09. The number of nitrogens with one attached hydrogen (secondary N) is 1. The van der Waals surface area contributed by atoms with Gasteiger partial charge < -0.3 is 10.2 Å². The molecule has 0 saturated heterocycles. The Balaban J connectivity index is 2.99. The summed E-state index contributed by atoms with van der Waals surface area (Å²) < 4.78 is 14.3. The molecule has 0 amide bonds. The topological polar surface area (TPSA) is 15.3 Å². The molecule has 0 spiro atoms. The van der Waals surface area contributed by atoms with Gasteiger partial charge in [-0.15, -0.1) is 0 Å². The van der Waals surface area contributed by atoms with Gasteiger partial charge in [-0.05, 0) is 44.4 Å². The van der Waals surface area contributed by atoms with Crippen LogP contribution in [0.2, 0.25) is 0 Å². The van der Waals surface area contributed by atoms with Crippen LogP contribution in [0.4, 0.5) is 10.1 Å². The lowest BCUT2D eigenvalue weighted by Crippen LogP contribution is -2.41. The van der Waals surface area contributed by atoms with Gasteiger partial charge in [0, 0.05) is 19.1 Å². The molecule has 0 aromatic heterocycles. The highest BCUT2D eigenvalue weighted by molar-refractivity contribution is 5.56. The molecule has 20 heavy (non-hydrogen) atoms. The third-order valence-corrected chi connectivity index (χ3v) is 4.05. The van der Waals surface area contributed by atoms with Gasteiger partial charge in [0.15, 0.2) is 0 Å². The van der Waals surface area contributed by atoms with Crippen molar-refractivity contribution in [2.45, 2.75) is 53.1 Å². The maximum absolute atomic E-state index is 14.3. The minimum atomic E-state index is -0.141. The van der Waals surface area contributed by atoms with Crippen molar-refractivity contribution in [2.75, 3.05) is 18.5 Å². The third kappa shape index (κ3) is 4.20. The largest absolute Gasteiger partial charge is 0.367 e. The number of hydrogen-bond acceptors (Lipinski definition) is 2. The molecule has 3 heteroatoms. The van der Waals surface area contributed by atoms with E-state index >= 15 is 0 Å². The Bertz CT molecular complexity index is 427. The highest BCUT2D eigenvalue weighted by Gasteiger charge is 2.25. The predicted octanol–water partition coefficient (Wildman–Crippen LogP) is 4.20. The molecule has 0 fully saturated rings. The van der Waals surface area contributed by atoms with Gasteiger partial charge in [0.25, 0.3) is 0 Å². The summed E-state index contributed by atoms with van der Waals surface area (Å²) in [7, 11) is 1.98. The molecule has 0 aliphatic rings. The van der Waals surface area contributed by atoms with E-state index in [0.29, 0.717) is 12.5 Å². The van der Waals surface area contributed by atoms with Crippen molar-refractivity contribution in [3.05, 3.63) is 29.6 Å². The molecule has 114 valence electrons. The third-order valence-electron chi connectivity index (χ3n) is 4.05. The molecule has 0 aliphatic heterocycles. The maximum Gasteiger partial charge on any atom is 0.146 e. The zero-order valence-corrected chi connectivity index (χ0v) is 13.8. The second-order valence-corrected chi connectivity index (χ2v) is 6.50. The quantitative estimate of drug-likeness (QED) is 0.805. The first-order valence-electron chi connectivity index (χ1n) is 7.51. The lowest BCUT2D eigenvalue weighted by molar-refractivity contribution is 0.459. The Kier molecular flexibility index (Phi) is 6.00. The molecule has 1 rings (SSSR count). The predicted molar refractivity (Wildman–Crippen MR) is 85.7 cm³/mol. The van der Waals surface area contributed by atoms with Gasteiger partial charge in [-0.1, -0.05) is 32.9 Å². The van der Waals surface area contributed by atoms with Crippen molar-refractivity contribution in [2.24, 2.45) is 5.92 Å². The van der Waals surface area contributed by atoms with Gasteiger partial charge >= 0.3 is 0 Å². The van der Waals surface area contributed by atoms with Crippen LogP contribution in [0.3, 0.4) is 0 Å². The molecule has 1 aromatic rings. The molecule has 0 heterocycles. The van der Waals surface area contributed by atoms with Gasteiger partial charge in [-0.2, -0.15) is 0 Å². The molecule has 0 atom stereocenters. The van der Waals surface area contributed by atoms with Crippen LogP contribution < -0.4 is 10.2 Å². The fourth-order valence-corrected chi connectivity index (χ4v) is 2.11. The Morgan fingerprint density at radius 2 is 1.95 bits per heavy atom. The first-order valence-corrected chi connectivity index (χ1v) is 7.51. The molecule has 1 aromatic carbocycles. The van der Waals surface area contributed by atoms with Crippen LogP contribution in [0.25, 0.3) is 0 Å². The minimum absolute atomic E-state index is 0.0605. The summed E-state index contributed by atoms with van der Waals surface area (Å²) >= 11 is 0. The summed E-state index contributed by atoms with van der Waals surface area (Å²) in [4.78, 5) is 2.06. The van der Waals surface area contributed by atoms with E-state index in [2.05, 4.69) is 44.8 Å². The van der Waals surface area contributed by atoms with E-state index in [9.17, 15) is 4.39 Å². The molecule has 2 nitrogen and oxygen atoms in total. The van der Waals surface area contributed by atoms with Gasteiger partial charge in [-0.25, -0.2) is 4.39 Å². The molecule has 0 unspecified atom stereocenters. The lowest BCUT2D eigenvalue weighted by Gasteiger charge is -2.38. The molecule has 0 bridgehead atoms. The smallest absolute Gasteiger partial charge is 0.146 e. The minimum Gasteiger partial charge on any atom is -0.367 e. The monoisotopic (exact) mass is 280 g/mol. The van der Waals surface area contributed by atoms with Crippen LogP contribution in [0.1, 0.15) is 46.6 Å². The van der Waals surface area contributed by atoms with Crippen LogP contribution in [0.5, 0.6) is 0 Å². The van der Waals surface area contributed by atoms with E-state index < -0.39 is 0 Å². The summed E-state index contributed by atoms with van der Waals surface area (Å²) in [5, 5.41) is 3.40. The number of para-hydroxylation sites is 1. The number of halogens is 1. The van der Waals surface area contributed by atoms with Crippen molar-refractivity contribution in [1.82, 2.24) is 5.32 Å². The molecule has 0 aliphatic carbocycles. The summed E-state index contributed by atoms with van der Waals surface area (Å²) in [6.07, 6.45) is 0.969. The normalized spacial score (nSPS) is 12.0. The van der Waals surface area contributed by atoms with Gasteiger partial charge in [0.05, 0.1) is 5.69 Å². The number of benzene rings is 1. The highest BCUT2D eigenvalue weighted by Crippen LogP contribution is 2.30. The zero-order valence-electron chi connectivity index (χ0n) is 13.8. The maximum atomic E-state index is 14.3. The number of hydrogen-bond donors (Lipinski definition) is 1. The standard InChI is InChI=1S/C17H29FN2/c1-7-17(4,5)20(6)16-14(9-8-10-15(16)18)12-19-11-13(2)3/h8-10,13,19H,7,11-12H2,1-6H3. The van der Waals surface area contributed by atoms with Crippen LogP contribution >= 0.6 is 0 Å². The van der Waals surface area contributed by atoms with Crippen LogP contribution in [0, 0.1) is 11.7 Å². The van der Waals surface area contributed by atoms with Crippen molar-refractivity contribution in [3.63, 3.8) is 0 Å². The first kappa shape index (κ1) is 17.0. The van der Waals surface area contributed by atoms with Crippen LogP contribution in [-0.2, 0) is 6.54 Å². The van der Waals surface area contributed by atoms with Crippen molar-refractivity contribution >= 4 is 5.69 Å². The summed E-state index contributed by atoms with van der Waals surface area (Å²) in [6, 6.07) is 5.34. The fraction of sp³-hybridized carbons (Fsp3) is 0.647. The molecular weight excluding hydrogens is 251 g/mol. The second-order valence-electron chi connectivity index (χ2n) is 6.50.